The van der Waals surface area contributed by atoms with Crippen LogP contribution in [-0.2, 0) is 11.8 Å². The number of carbonyl (C=O) groups excluding carboxylic acids is 2. The molecule has 2 heterocycles. The van der Waals surface area contributed by atoms with Gasteiger partial charge in [0.25, 0.3) is 5.91 Å². The maximum Gasteiger partial charge on any atom is 0.257 e. The van der Waals surface area contributed by atoms with Crippen molar-refractivity contribution in [1.82, 2.24) is 19.6 Å². The van der Waals surface area contributed by atoms with Gasteiger partial charge in [-0.05, 0) is 105 Å². The number of allylic oxidation sites excluding steroid dienone is 1. The number of aliphatic hydroxyl groups is 1. The van der Waals surface area contributed by atoms with Crippen LogP contribution in [0.25, 0.3) is 0 Å². The van der Waals surface area contributed by atoms with E-state index in [0.717, 1.165) is 43.4 Å². The summed E-state index contributed by atoms with van der Waals surface area (Å²) in [6.07, 6.45) is 16.8. The molecular weight excluding hydrogens is 512 g/mol. The van der Waals surface area contributed by atoms with E-state index >= 15 is 0 Å². The van der Waals surface area contributed by atoms with Crippen molar-refractivity contribution in [3.8, 4) is 0 Å². The molecule has 1 unspecified atom stereocenters. The van der Waals surface area contributed by atoms with Crippen molar-refractivity contribution in [3.63, 3.8) is 0 Å². The van der Waals surface area contributed by atoms with E-state index in [2.05, 4.69) is 38.9 Å². The maximum absolute atomic E-state index is 13.4. The molecular formula is C34H52N4O3. The molecule has 41 heavy (non-hydrogen) atoms. The van der Waals surface area contributed by atoms with Gasteiger partial charge in [0.1, 0.15) is 0 Å². The topological polar surface area (TPSA) is 78.7 Å². The zero-order valence-corrected chi connectivity index (χ0v) is 26.0. The largest absolute Gasteiger partial charge is 0.393 e. The van der Waals surface area contributed by atoms with Crippen molar-refractivity contribution in [3.05, 3.63) is 29.6 Å². The molecule has 5 aliphatic rings. The van der Waals surface area contributed by atoms with Crippen LogP contribution in [0.15, 0.2) is 24.0 Å². The highest BCUT2D eigenvalue weighted by atomic mass is 16.3. The monoisotopic (exact) mass is 564 g/mol. The Morgan fingerprint density at radius 2 is 1.93 bits per heavy atom. The SMILES string of the molecule is CC(CCC(=O)N1CCN(C(=O)c2cnn(C)c2)C[C@@H]1C)[C@H]1CC[C@H]2[C@@H]3CC=C4C[C@@H](O)CC[C@]4(C)[C@H]3CC[C@]12C. The molecule has 4 fully saturated rings. The third-order valence-electron chi connectivity index (χ3n) is 12.8. The molecule has 1 N–H and O–H groups in total. The van der Waals surface area contributed by atoms with Gasteiger partial charge in [-0.15, -0.1) is 0 Å². The van der Waals surface area contributed by atoms with Crippen LogP contribution in [-0.4, -0.2) is 68.3 Å². The minimum atomic E-state index is -0.139. The Hall–Kier alpha value is -2.15. The van der Waals surface area contributed by atoms with Crippen molar-refractivity contribution >= 4 is 11.8 Å². The predicted octanol–water partition coefficient (Wildman–Crippen LogP) is 5.45. The molecule has 0 radical (unpaired) electrons. The molecule has 6 rings (SSSR count). The first-order valence-electron chi connectivity index (χ1n) is 16.5. The number of aliphatic hydroxyl groups excluding tert-OH is 1. The number of aromatic nitrogens is 2. The maximum atomic E-state index is 13.4. The van der Waals surface area contributed by atoms with E-state index < -0.39 is 0 Å². The number of carbonyl (C=O) groups is 2. The molecule has 0 spiro atoms. The Morgan fingerprint density at radius 1 is 1.12 bits per heavy atom. The lowest BCUT2D eigenvalue weighted by Gasteiger charge is -2.58. The van der Waals surface area contributed by atoms with Gasteiger partial charge in [-0.25, -0.2) is 0 Å². The van der Waals surface area contributed by atoms with Crippen LogP contribution < -0.4 is 0 Å². The number of amides is 2. The second kappa shape index (κ2) is 10.8. The fraction of sp³-hybridized carbons (Fsp3) is 0.794. The molecule has 3 saturated carbocycles. The van der Waals surface area contributed by atoms with Crippen molar-refractivity contribution in [2.75, 3.05) is 19.6 Å². The second-order valence-corrected chi connectivity index (χ2v) is 15.0. The number of hydrogen-bond acceptors (Lipinski definition) is 4. The summed E-state index contributed by atoms with van der Waals surface area (Å²) in [4.78, 5) is 30.2. The van der Waals surface area contributed by atoms with E-state index in [1.807, 2.05) is 16.8 Å². The molecule has 7 heteroatoms. The Balaban J connectivity index is 1.04. The number of piperazine rings is 1. The molecule has 4 aliphatic carbocycles. The van der Waals surface area contributed by atoms with Crippen LogP contribution in [0.3, 0.4) is 0 Å². The number of rotatable bonds is 5. The Morgan fingerprint density at radius 3 is 2.66 bits per heavy atom. The molecule has 1 aliphatic heterocycles. The van der Waals surface area contributed by atoms with Crippen LogP contribution in [0.1, 0.15) is 102 Å². The van der Waals surface area contributed by atoms with Gasteiger partial charge in [0.15, 0.2) is 0 Å². The molecule has 9 atom stereocenters. The van der Waals surface area contributed by atoms with E-state index in [-0.39, 0.29) is 24.0 Å². The van der Waals surface area contributed by atoms with Crippen LogP contribution in [0, 0.1) is 40.4 Å². The Bertz CT molecular complexity index is 1190. The summed E-state index contributed by atoms with van der Waals surface area (Å²) in [6.45, 7) is 11.4. The highest BCUT2D eigenvalue weighted by molar-refractivity contribution is 5.94. The zero-order chi connectivity index (χ0) is 29.1. The normalized spacial score (nSPS) is 39.4. The first-order valence-corrected chi connectivity index (χ1v) is 16.5. The Labute approximate surface area is 246 Å². The lowest BCUT2D eigenvalue weighted by molar-refractivity contribution is -0.135. The third-order valence-corrected chi connectivity index (χ3v) is 12.8. The zero-order valence-electron chi connectivity index (χ0n) is 26.0. The lowest BCUT2D eigenvalue weighted by Crippen LogP contribution is -2.55. The number of hydrogen-bond donors (Lipinski definition) is 1. The predicted molar refractivity (Wildman–Crippen MR) is 160 cm³/mol. The summed E-state index contributed by atoms with van der Waals surface area (Å²) < 4.78 is 1.65. The van der Waals surface area contributed by atoms with Crippen LogP contribution in [0.2, 0.25) is 0 Å². The minimum absolute atomic E-state index is 0.00387. The lowest BCUT2D eigenvalue weighted by atomic mass is 9.47. The van der Waals surface area contributed by atoms with Gasteiger partial charge in [0.2, 0.25) is 5.91 Å². The second-order valence-electron chi connectivity index (χ2n) is 15.0. The highest BCUT2D eigenvalue weighted by Gasteiger charge is 2.59. The molecule has 1 aromatic heterocycles. The number of aryl methyl sites for hydroxylation is 1. The minimum Gasteiger partial charge on any atom is -0.393 e. The van der Waals surface area contributed by atoms with Gasteiger partial charge in [0.05, 0.1) is 17.9 Å². The molecule has 226 valence electrons. The van der Waals surface area contributed by atoms with E-state index in [1.165, 1.54) is 32.1 Å². The highest BCUT2D eigenvalue weighted by Crippen LogP contribution is 2.67. The molecule has 1 saturated heterocycles. The average Bonchev–Trinajstić information content (AvgIpc) is 3.54. The standard InChI is InChI=1S/C34H52N4O3/c1-22(6-11-31(40)38-17-16-37(20-23(38)2)32(41)24-19-35-36(5)21-24)28-9-10-29-27-8-7-25-18-26(39)12-14-33(25,3)30(27)13-15-34(28,29)4/h7,19,21-23,26-30,39H,6,8-18,20H2,1-5H3/t22?,23-,26-,27-,28+,29-,30-,33-,34+/m0/s1. The van der Waals surface area contributed by atoms with Crippen LogP contribution >= 0.6 is 0 Å². The fourth-order valence-corrected chi connectivity index (χ4v) is 10.5. The van der Waals surface area contributed by atoms with Crippen molar-refractivity contribution < 1.29 is 14.7 Å². The van der Waals surface area contributed by atoms with Crippen LogP contribution in [0.5, 0.6) is 0 Å². The van der Waals surface area contributed by atoms with E-state index in [1.54, 1.807) is 22.6 Å². The van der Waals surface area contributed by atoms with Crippen LogP contribution in [0.4, 0.5) is 0 Å². The van der Waals surface area contributed by atoms with Gasteiger partial charge in [-0.1, -0.05) is 32.4 Å². The molecule has 1 aromatic rings. The summed E-state index contributed by atoms with van der Waals surface area (Å²) in [7, 11) is 1.82. The van der Waals surface area contributed by atoms with E-state index in [9.17, 15) is 14.7 Å². The molecule has 0 bridgehead atoms. The summed E-state index contributed by atoms with van der Waals surface area (Å²) in [5.74, 6) is 3.83. The van der Waals surface area contributed by atoms with Crippen molar-refractivity contribution in [2.24, 2.45) is 47.5 Å². The van der Waals surface area contributed by atoms with Gasteiger partial charge in [0, 0.05) is 45.3 Å². The molecule has 0 aromatic carbocycles. The van der Waals surface area contributed by atoms with Gasteiger partial charge in [-0.3, -0.25) is 14.3 Å². The van der Waals surface area contributed by atoms with Crippen molar-refractivity contribution in [2.45, 2.75) is 104 Å². The summed E-state index contributed by atoms with van der Waals surface area (Å²) in [5.41, 5.74) is 2.84. The molecule has 2 amide bonds. The quantitative estimate of drug-likeness (QED) is 0.483. The number of fused-ring (bicyclic) bond motifs is 5. The first kappa shape index (κ1) is 28.9. The van der Waals surface area contributed by atoms with Crippen molar-refractivity contribution in [1.29, 1.82) is 0 Å². The summed E-state index contributed by atoms with van der Waals surface area (Å²) >= 11 is 0. The average molecular weight is 565 g/mol. The summed E-state index contributed by atoms with van der Waals surface area (Å²) in [5, 5.41) is 14.5. The first-order chi connectivity index (χ1) is 19.5. The smallest absolute Gasteiger partial charge is 0.257 e. The summed E-state index contributed by atoms with van der Waals surface area (Å²) in [6, 6.07) is 0.0299. The fourth-order valence-electron chi connectivity index (χ4n) is 10.5. The third kappa shape index (κ3) is 4.98. The van der Waals surface area contributed by atoms with E-state index in [0.29, 0.717) is 54.3 Å². The van der Waals surface area contributed by atoms with Gasteiger partial charge >= 0.3 is 0 Å². The Kier molecular flexibility index (Phi) is 7.65. The molecule has 7 nitrogen and oxygen atoms in total. The van der Waals surface area contributed by atoms with Gasteiger partial charge < -0.3 is 14.9 Å². The van der Waals surface area contributed by atoms with Gasteiger partial charge in [-0.2, -0.15) is 5.10 Å². The number of nitrogens with zero attached hydrogens (tertiary/aromatic N) is 4. The van der Waals surface area contributed by atoms with E-state index in [4.69, 9.17) is 0 Å².